The van der Waals surface area contributed by atoms with Gasteiger partial charge in [-0.25, -0.2) is 9.37 Å². The van der Waals surface area contributed by atoms with E-state index in [9.17, 15) is 4.39 Å². The number of benzene rings is 1. The highest BCUT2D eigenvalue weighted by atomic mass is 19.1. The first-order chi connectivity index (χ1) is 8.11. The maximum atomic E-state index is 13.2. The number of halogens is 1. The fourth-order valence-electron chi connectivity index (χ4n) is 1.58. The van der Waals surface area contributed by atoms with E-state index in [0.29, 0.717) is 18.0 Å². The second-order valence-electron chi connectivity index (χ2n) is 3.87. The van der Waals surface area contributed by atoms with E-state index in [2.05, 4.69) is 10.1 Å². The molecule has 0 amide bonds. The monoisotopic (exact) mass is 235 g/mol. The first-order valence-corrected chi connectivity index (χ1v) is 5.27. The van der Waals surface area contributed by atoms with Gasteiger partial charge in [0, 0.05) is 19.7 Å². The molecule has 0 spiro atoms. The van der Waals surface area contributed by atoms with E-state index in [1.54, 1.807) is 37.9 Å². The summed E-state index contributed by atoms with van der Waals surface area (Å²) >= 11 is 0. The molecule has 90 valence electrons. The molecule has 0 saturated carbocycles. The van der Waals surface area contributed by atoms with Gasteiger partial charge >= 0.3 is 0 Å². The third-order valence-corrected chi connectivity index (χ3v) is 2.54. The fourth-order valence-corrected chi connectivity index (χ4v) is 1.58. The average Bonchev–Trinajstić information content (AvgIpc) is 2.65. The molecule has 0 radical (unpaired) electrons. The average molecular weight is 235 g/mol. The molecule has 0 fully saturated rings. The zero-order valence-electron chi connectivity index (χ0n) is 10.1. The Labute approximate surface area is 99.1 Å². The molecular weight excluding hydrogens is 221 g/mol. The van der Waals surface area contributed by atoms with Gasteiger partial charge in [-0.15, -0.1) is 0 Å². The molecule has 0 N–H and O–H groups in total. The minimum Gasteiger partial charge on any atom is -0.377 e. The van der Waals surface area contributed by atoms with Crippen LogP contribution < -0.4 is 0 Å². The molecule has 2 rings (SSSR count). The molecule has 2 aromatic rings. The Balaban J connectivity index is 2.39. The van der Waals surface area contributed by atoms with Gasteiger partial charge in [0.2, 0.25) is 0 Å². The zero-order chi connectivity index (χ0) is 12.4. The van der Waals surface area contributed by atoms with E-state index in [4.69, 9.17) is 4.74 Å². The molecule has 0 aliphatic rings. The lowest BCUT2D eigenvalue weighted by atomic mass is 10.1. The van der Waals surface area contributed by atoms with Gasteiger partial charge in [-0.2, -0.15) is 5.10 Å². The fraction of sp³-hybridized carbons (Fsp3) is 0.333. The van der Waals surface area contributed by atoms with E-state index in [0.717, 1.165) is 11.4 Å². The molecule has 0 bridgehead atoms. The number of rotatable bonds is 3. The SMILES string of the molecule is COCc1nc(-c2ccc(F)c(C)c2)nn1C. The van der Waals surface area contributed by atoms with E-state index in [1.807, 2.05) is 0 Å². The highest BCUT2D eigenvalue weighted by Crippen LogP contribution is 2.18. The third kappa shape index (κ3) is 2.34. The van der Waals surface area contributed by atoms with Crippen molar-refractivity contribution < 1.29 is 9.13 Å². The highest BCUT2D eigenvalue weighted by Gasteiger charge is 2.10. The Hall–Kier alpha value is -1.75. The van der Waals surface area contributed by atoms with E-state index in [-0.39, 0.29) is 5.82 Å². The van der Waals surface area contributed by atoms with Crippen molar-refractivity contribution in [3.8, 4) is 11.4 Å². The summed E-state index contributed by atoms with van der Waals surface area (Å²) in [4.78, 5) is 4.34. The van der Waals surface area contributed by atoms with Crippen molar-refractivity contribution in [2.45, 2.75) is 13.5 Å². The third-order valence-electron chi connectivity index (χ3n) is 2.54. The minimum atomic E-state index is -0.221. The molecule has 1 heterocycles. The number of nitrogens with zero attached hydrogens (tertiary/aromatic N) is 3. The Morgan fingerprint density at radius 3 is 2.82 bits per heavy atom. The van der Waals surface area contributed by atoms with Crippen LogP contribution in [0.1, 0.15) is 11.4 Å². The lowest BCUT2D eigenvalue weighted by molar-refractivity contribution is 0.174. The van der Waals surface area contributed by atoms with Crippen LogP contribution in [0.4, 0.5) is 4.39 Å². The summed E-state index contributed by atoms with van der Waals surface area (Å²) < 4.78 is 19.8. The first-order valence-electron chi connectivity index (χ1n) is 5.27. The largest absolute Gasteiger partial charge is 0.377 e. The zero-order valence-corrected chi connectivity index (χ0v) is 10.1. The van der Waals surface area contributed by atoms with Gasteiger partial charge in [-0.05, 0) is 30.7 Å². The quantitative estimate of drug-likeness (QED) is 0.817. The maximum absolute atomic E-state index is 13.2. The predicted octanol–water partition coefficient (Wildman–Crippen LogP) is 2.08. The van der Waals surface area contributed by atoms with Crippen molar-refractivity contribution in [3.63, 3.8) is 0 Å². The Morgan fingerprint density at radius 2 is 2.18 bits per heavy atom. The number of aryl methyl sites for hydroxylation is 2. The summed E-state index contributed by atoms with van der Waals surface area (Å²) in [5.41, 5.74) is 1.39. The van der Waals surface area contributed by atoms with Crippen molar-refractivity contribution in [1.82, 2.24) is 14.8 Å². The summed E-state index contributed by atoms with van der Waals surface area (Å²) in [6.45, 7) is 2.13. The molecule has 0 atom stereocenters. The summed E-state index contributed by atoms with van der Waals surface area (Å²) in [6, 6.07) is 4.84. The smallest absolute Gasteiger partial charge is 0.181 e. The summed E-state index contributed by atoms with van der Waals surface area (Å²) in [6.07, 6.45) is 0. The van der Waals surface area contributed by atoms with Gasteiger partial charge in [-0.3, -0.25) is 4.68 Å². The topological polar surface area (TPSA) is 39.9 Å². The highest BCUT2D eigenvalue weighted by molar-refractivity contribution is 5.55. The van der Waals surface area contributed by atoms with Crippen LogP contribution in [0, 0.1) is 12.7 Å². The number of hydrogen-bond donors (Lipinski definition) is 0. The van der Waals surface area contributed by atoms with Crippen molar-refractivity contribution in [2.75, 3.05) is 7.11 Å². The summed E-state index contributed by atoms with van der Waals surface area (Å²) in [5.74, 6) is 1.11. The van der Waals surface area contributed by atoms with Crippen LogP contribution in [0.5, 0.6) is 0 Å². The van der Waals surface area contributed by atoms with E-state index >= 15 is 0 Å². The number of ether oxygens (including phenoxy) is 1. The number of hydrogen-bond acceptors (Lipinski definition) is 3. The Morgan fingerprint density at radius 1 is 1.41 bits per heavy atom. The van der Waals surface area contributed by atoms with Crippen LogP contribution in [-0.2, 0) is 18.4 Å². The normalized spacial score (nSPS) is 10.8. The van der Waals surface area contributed by atoms with Gasteiger partial charge < -0.3 is 4.74 Å². The molecule has 17 heavy (non-hydrogen) atoms. The second-order valence-corrected chi connectivity index (χ2v) is 3.87. The first kappa shape index (κ1) is 11.7. The lowest BCUT2D eigenvalue weighted by Crippen LogP contribution is -2.00. The molecule has 5 heteroatoms. The Kier molecular flexibility index (Phi) is 3.19. The van der Waals surface area contributed by atoms with Crippen LogP contribution in [0.15, 0.2) is 18.2 Å². The van der Waals surface area contributed by atoms with Crippen LogP contribution in [0.25, 0.3) is 11.4 Å². The molecule has 1 aromatic heterocycles. The van der Waals surface area contributed by atoms with Crippen molar-refractivity contribution in [2.24, 2.45) is 7.05 Å². The molecular formula is C12H14FN3O. The van der Waals surface area contributed by atoms with Gasteiger partial charge in [0.1, 0.15) is 12.4 Å². The van der Waals surface area contributed by atoms with Crippen molar-refractivity contribution >= 4 is 0 Å². The maximum Gasteiger partial charge on any atom is 0.181 e. The summed E-state index contributed by atoms with van der Waals surface area (Å²) in [7, 11) is 3.41. The molecule has 0 unspecified atom stereocenters. The van der Waals surface area contributed by atoms with Crippen molar-refractivity contribution in [3.05, 3.63) is 35.4 Å². The van der Waals surface area contributed by atoms with Crippen LogP contribution in [-0.4, -0.2) is 21.9 Å². The molecule has 1 aromatic carbocycles. The molecule has 0 aliphatic heterocycles. The standard InChI is InChI=1S/C12H14FN3O/c1-8-6-9(4-5-10(8)13)12-14-11(7-17-3)16(2)15-12/h4-6H,7H2,1-3H3. The lowest BCUT2D eigenvalue weighted by Gasteiger charge is -1.98. The molecule has 0 saturated heterocycles. The van der Waals surface area contributed by atoms with Crippen LogP contribution in [0.2, 0.25) is 0 Å². The summed E-state index contributed by atoms with van der Waals surface area (Å²) in [5, 5.41) is 4.27. The van der Waals surface area contributed by atoms with Gasteiger partial charge in [0.15, 0.2) is 11.6 Å². The van der Waals surface area contributed by atoms with Crippen LogP contribution in [0.3, 0.4) is 0 Å². The molecule has 4 nitrogen and oxygen atoms in total. The van der Waals surface area contributed by atoms with Crippen molar-refractivity contribution in [1.29, 1.82) is 0 Å². The van der Waals surface area contributed by atoms with E-state index < -0.39 is 0 Å². The van der Waals surface area contributed by atoms with Gasteiger partial charge in [-0.1, -0.05) is 0 Å². The predicted molar refractivity (Wildman–Crippen MR) is 61.8 cm³/mol. The second kappa shape index (κ2) is 4.63. The molecule has 0 aliphatic carbocycles. The Bertz CT molecular complexity index is 537. The van der Waals surface area contributed by atoms with E-state index in [1.165, 1.54) is 6.07 Å². The number of aromatic nitrogens is 3. The van der Waals surface area contributed by atoms with Gasteiger partial charge in [0.05, 0.1) is 0 Å². The minimum absolute atomic E-state index is 0.221. The van der Waals surface area contributed by atoms with Gasteiger partial charge in [0.25, 0.3) is 0 Å². The van der Waals surface area contributed by atoms with Crippen LogP contribution >= 0.6 is 0 Å². The number of methoxy groups -OCH3 is 1.